The van der Waals surface area contributed by atoms with Crippen molar-refractivity contribution in [3.8, 4) is 0 Å². The van der Waals surface area contributed by atoms with Crippen molar-refractivity contribution in [2.24, 2.45) is 5.41 Å². The molecule has 1 atom stereocenters. The molecule has 0 saturated carbocycles. The minimum absolute atomic E-state index is 0.0330. The Morgan fingerprint density at radius 1 is 1.35 bits per heavy atom. The lowest BCUT2D eigenvalue weighted by Gasteiger charge is -2.38. The number of aryl methyl sites for hydroxylation is 2. The zero-order chi connectivity index (χ0) is 22.6. The van der Waals surface area contributed by atoms with Gasteiger partial charge in [-0.2, -0.15) is 4.39 Å². The van der Waals surface area contributed by atoms with Crippen LogP contribution >= 0.6 is 11.3 Å². The number of ether oxygens (including phenoxy) is 1. The van der Waals surface area contributed by atoms with Crippen molar-refractivity contribution in [3.05, 3.63) is 51.7 Å². The largest absolute Gasteiger partial charge is 0.449 e. The summed E-state index contributed by atoms with van der Waals surface area (Å²) in [7, 11) is 0. The van der Waals surface area contributed by atoms with Gasteiger partial charge in [0.15, 0.2) is 5.13 Å². The fraction of sp³-hybridized carbons (Fsp3) is 0.583. The van der Waals surface area contributed by atoms with E-state index in [1.165, 1.54) is 23.0 Å². The summed E-state index contributed by atoms with van der Waals surface area (Å²) in [5.74, 6) is 0. The standard InChI is InChI=1S/C24H34FN3O2S/c1-17(2)27-22(29)30-16-24(11-10-20-8-9-21(25)31-20)12-13-28(15-24)23(4,5)19-7-6-18(3)26-14-19/h6-9,14,17H,10-13,15-16H2,1-5H3,(H,27,29). The van der Waals surface area contributed by atoms with Crippen LogP contribution in [-0.2, 0) is 16.7 Å². The van der Waals surface area contributed by atoms with Gasteiger partial charge in [0.2, 0.25) is 0 Å². The SMILES string of the molecule is Cc1ccc(C(C)(C)N2CCC(CCc3ccc(F)s3)(COC(=O)NC(C)C)C2)cn1. The van der Waals surface area contributed by atoms with Gasteiger partial charge < -0.3 is 10.1 Å². The first kappa shape index (κ1) is 23.7. The average Bonchev–Trinajstić information content (AvgIpc) is 3.32. The number of nitrogens with one attached hydrogen (secondary N) is 1. The normalized spacial score (nSPS) is 19.7. The molecule has 3 heterocycles. The van der Waals surface area contributed by atoms with Crippen LogP contribution in [0.15, 0.2) is 30.5 Å². The maximum atomic E-state index is 13.5. The summed E-state index contributed by atoms with van der Waals surface area (Å²) < 4.78 is 19.1. The van der Waals surface area contributed by atoms with Gasteiger partial charge >= 0.3 is 6.09 Å². The minimum atomic E-state index is -0.378. The predicted octanol–water partition coefficient (Wildman–Crippen LogP) is 5.29. The van der Waals surface area contributed by atoms with Crippen LogP contribution in [0.5, 0.6) is 0 Å². The Balaban J connectivity index is 1.74. The molecular formula is C24H34FN3O2S. The summed E-state index contributed by atoms with van der Waals surface area (Å²) in [5, 5.41) is 2.65. The van der Waals surface area contributed by atoms with Gasteiger partial charge in [-0.3, -0.25) is 9.88 Å². The highest BCUT2D eigenvalue weighted by molar-refractivity contribution is 7.10. The molecule has 0 radical (unpaired) electrons. The molecule has 0 spiro atoms. The number of hydrogen-bond acceptors (Lipinski definition) is 5. The molecule has 1 fully saturated rings. The molecule has 2 aromatic heterocycles. The number of likely N-dealkylation sites (tertiary alicyclic amines) is 1. The zero-order valence-corrected chi connectivity index (χ0v) is 20.0. The third-order valence-electron chi connectivity index (χ3n) is 6.29. The maximum absolute atomic E-state index is 13.5. The van der Waals surface area contributed by atoms with Crippen LogP contribution in [0.4, 0.5) is 9.18 Å². The van der Waals surface area contributed by atoms with E-state index in [9.17, 15) is 9.18 Å². The van der Waals surface area contributed by atoms with Gasteiger partial charge in [0.25, 0.3) is 0 Å². The Morgan fingerprint density at radius 2 is 2.13 bits per heavy atom. The quantitative estimate of drug-likeness (QED) is 0.598. The van der Waals surface area contributed by atoms with E-state index in [1.54, 1.807) is 0 Å². The number of thiophene rings is 1. The van der Waals surface area contributed by atoms with Crippen molar-refractivity contribution in [2.75, 3.05) is 19.7 Å². The van der Waals surface area contributed by atoms with Crippen LogP contribution in [0.3, 0.4) is 0 Å². The molecule has 3 rings (SSSR count). The second-order valence-corrected chi connectivity index (χ2v) is 10.6. The number of halogens is 1. The van der Waals surface area contributed by atoms with Gasteiger partial charge in [0.1, 0.15) is 6.61 Å². The third-order valence-corrected chi connectivity index (χ3v) is 7.23. The molecule has 1 saturated heterocycles. The third kappa shape index (κ3) is 6.04. The lowest BCUT2D eigenvalue weighted by Crippen LogP contribution is -2.43. The second kappa shape index (κ2) is 9.65. The molecule has 1 aliphatic rings. The summed E-state index contributed by atoms with van der Waals surface area (Å²) in [5.41, 5.74) is 1.83. The van der Waals surface area contributed by atoms with Crippen molar-refractivity contribution in [1.29, 1.82) is 0 Å². The van der Waals surface area contributed by atoms with Crippen molar-refractivity contribution < 1.29 is 13.9 Å². The van der Waals surface area contributed by atoms with E-state index in [4.69, 9.17) is 4.74 Å². The fourth-order valence-electron chi connectivity index (χ4n) is 4.19. The van der Waals surface area contributed by atoms with E-state index in [0.717, 1.165) is 42.9 Å². The van der Waals surface area contributed by atoms with Crippen molar-refractivity contribution >= 4 is 17.4 Å². The molecule has 1 amide bonds. The van der Waals surface area contributed by atoms with E-state index >= 15 is 0 Å². The van der Waals surface area contributed by atoms with Crippen LogP contribution in [0.1, 0.15) is 56.7 Å². The summed E-state index contributed by atoms with van der Waals surface area (Å²) in [4.78, 5) is 20.1. The summed E-state index contributed by atoms with van der Waals surface area (Å²) in [6, 6.07) is 7.60. The predicted molar refractivity (Wildman–Crippen MR) is 123 cm³/mol. The number of alkyl carbamates (subject to hydrolysis) is 1. The first-order valence-electron chi connectivity index (χ1n) is 11.0. The topological polar surface area (TPSA) is 54.5 Å². The molecule has 0 bridgehead atoms. The number of carbonyl (C=O) groups is 1. The van der Waals surface area contributed by atoms with Crippen molar-refractivity contribution in [2.45, 2.75) is 65.5 Å². The van der Waals surface area contributed by atoms with E-state index in [0.29, 0.717) is 6.61 Å². The smallest absolute Gasteiger partial charge is 0.407 e. The molecule has 7 heteroatoms. The Labute approximate surface area is 189 Å². The Bertz CT molecular complexity index is 881. The van der Waals surface area contributed by atoms with Crippen molar-refractivity contribution in [3.63, 3.8) is 0 Å². The van der Waals surface area contributed by atoms with Gasteiger partial charge in [-0.15, -0.1) is 11.3 Å². The molecule has 0 aliphatic carbocycles. The molecule has 5 nitrogen and oxygen atoms in total. The van der Waals surface area contributed by atoms with Crippen LogP contribution in [-0.4, -0.2) is 41.7 Å². The highest BCUT2D eigenvalue weighted by atomic mass is 32.1. The average molecular weight is 448 g/mol. The Kier molecular flexibility index (Phi) is 7.37. The highest BCUT2D eigenvalue weighted by Crippen LogP contribution is 2.42. The number of aromatic nitrogens is 1. The summed E-state index contributed by atoms with van der Waals surface area (Å²) in [6.07, 6.45) is 4.14. The lowest BCUT2D eigenvalue weighted by atomic mass is 9.82. The van der Waals surface area contributed by atoms with E-state index in [2.05, 4.69) is 35.1 Å². The second-order valence-electron chi connectivity index (χ2n) is 9.50. The molecule has 31 heavy (non-hydrogen) atoms. The van der Waals surface area contributed by atoms with Gasteiger partial charge in [0.05, 0.1) is 0 Å². The molecular weight excluding hydrogens is 413 g/mol. The first-order chi connectivity index (χ1) is 14.6. The monoisotopic (exact) mass is 447 g/mol. The number of hydrogen-bond donors (Lipinski definition) is 1. The first-order valence-corrected chi connectivity index (χ1v) is 11.8. The van der Waals surface area contributed by atoms with Crippen LogP contribution < -0.4 is 5.32 Å². The van der Waals surface area contributed by atoms with Crippen LogP contribution in [0, 0.1) is 17.5 Å². The van der Waals surface area contributed by atoms with E-state index in [1.807, 2.05) is 39.1 Å². The minimum Gasteiger partial charge on any atom is -0.449 e. The Hall–Kier alpha value is -1.99. The zero-order valence-electron chi connectivity index (χ0n) is 19.2. The lowest BCUT2D eigenvalue weighted by molar-refractivity contribution is 0.0638. The molecule has 0 aromatic carbocycles. The van der Waals surface area contributed by atoms with Gasteiger partial charge in [-0.1, -0.05) is 6.07 Å². The number of carbonyl (C=O) groups excluding carboxylic acids is 1. The fourth-order valence-corrected chi connectivity index (χ4v) is 4.92. The number of rotatable bonds is 8. The van der Waals surface area contributed by atoms with E-state index in [-0.39, 0.29) is 28.2 Å². The number of nitrogens with zero attached hydrogens (tertiary/aromatic N) is 2. The number of pyridine rings is 1. The van der Waals surface area contributed by atoms with Gasteiger partial charge in [-0.05, 0) is 84.2 Å². The number of amides is 1. The van der Waals surface area contributed by atoms with Crippen LogP contribution in [0.25, 0.3) is 0 Å². The summed E-state index contributed by atoms with van der Waals surface area (Å²) >= 11 is 1.20. The molecule has 2 aromatic rings. The maximum Gasteiger partial charge on any atom is 0.407 e. The highest BCUT2D eigenvalue weighted by Gasteiger charge is 2.44. The van der Waals surface area contributed by atoms with Crippen molar-refractivity contribution in [1.82, 2.24) is 15.2 Å². The van der Waals surface area contributed by atoms with Crippen LogP contribution in [0.2, 0.25) is 0 Å². The van der Waals surface area contributed by atoms with Gasteiger partial charge in [0, 0.05) is 40.3 Å². The molecule has 1 unspecified atom stereocenters. The molecule has 1 aliphatic heterocycles. The summed E-state index contributed by atoms with van der Waals surface area (Å²) in [6.45, 7) is 12.3. The molecule has 170 valence electrons. The molecule has 1 N–H and O–H groups in total. The van der Waals surface area contributed by atoms with E-state index < -0.39 is 0 Å². The van der Waals surface area contributed by atoms with Gasteiger partial charge in [-0.25, -0.2) is 4.79 Å². The Morgan fingerprint density at radius 3 is 2.74 bits per heavy atom.